The summed E-state index contributed by atoms with van der Waals surface area (Å²) in [4.78, 5) is 29.5. The van der Waals surface area contributed by atoms with Gasteiger partial charge in [-0.05, 0) is 13.0 Å². The third-order valence-corrected chi connectivity index (χ3v) is 3.86. The minimum absolute atomic E-state index is 0.0473. The maximum atomic E-state index is 13.9. The Labute approximate surface area is 116 Å². The molecule has 0 saturated heterocycles. The van der Waals surface area contributed by atoms with Gasteiger partial charge in [-0.1, -0.05) is 0 Å². The average Bonchev–Trinajstić information content (AvgIpc) is 2.88. The van der Waals surface area contributed by atoms with Gasteiger partial charge in [-0.2, -0.15) is 0 Å². The number of hydrogen-bond donors (Lipinski definition) is 0. The van der Waals surface area contributed by atoms with E-state index < -0.39 is 23.3 Å². The van der Waals surface area contributed by atoms with Gasteiger partial charge < -0.3 is 0 Å². The molecule has 0 radical (unpaired) electrons. The van der Waals surface area contributed by atoms with Crippen LogP contribution in [0.15, 0.2) is 18.3 Å². The zero-order valence-corrected chi connectivity index (χ0v) is 11.1. The topological polar surface area (TPSA) is 50.3 Å². The zero-order valence-electron chi connectivity index (χ0n) is 10.3. The second kappa shape index (κ2) is 4.45. The van der Waals surface area contributed by atoms with Gasteiger partial charge in [-0.15, -0.1) is 11.3 Å². The lowest BCUT2D eigenvalue weighted by atomic mass is 10.1. The molecule has 0 N–H and O–H groups in total. The highest BCUT2D eigenvalue weighted by atomic mass is 32.1. The maximum absolute atomic E-state index is 13.9. The number of rotatable bonds is 2. The molecule has 0 fully saturated rings. The summed E-state index contributed by atoms with van der Waals surface area (Å²) < 4.78 is 27.0. The Morgan fingerprint density at radius 3 is 2.70 bits per heavy atom. The molecule has 0 atom stereocenters. The lowest BCUT2D eigenvalue weighted by Crippen LogP contribution is -2.29. The summed E-state index contributed by atoms with van der Waals surface area (Å²) in [5.41, 5.74) is -0.388. The Kier molecular flexibility index (Phi) is 2.86. The molecule has 4 nitrogen and oxygen atoms in total. The average molecular weight is 294 g/mol. The van der Waals surface area contributed by atoms with E-state index in [2.05, 4.69) is 4.98 Å². The molecule has 0 aliphatic carbocycles. The van der Waals surface area contributed by atoms with Crippen LogP contribution in [0.25, 0.3) is 0 Å². The largest absolute Gasteiger partial charge is 0.299 e. The number of carbonyl (C=O) groups excluding carboxylic acids is 2. The molecule has 3 rings (SSSR count). The predicted octanol–water partition coefficient (Wildman–Crippen LogP) is 2.46. The monoisotopic (exact) mass is 294 g/mol. The molecular formula is C13H8F2N2O2S. The summed E-state index contributed by atoms with van der Waals surface area (Å²) in [7, 11) is 0. The lowest BCUT2D eigenvalue weighted by Gasteiger charge is -2.15. The first-order valence-corrected chi connectivity index (χ1v) is 6.55. The first kappa shape index (κ1) is 12.9. The highest BCUT2D eigenvalue weighted by molar-refractivity contribution is 7.11. The van der Waals surface area contributed by atoms with Crippen molar-refractivity contribution in [3.8, 4) is 0 Å². The highest BCUT2D eigenvalue weighted by Gasteiger charge is 2.38. The number of aryl methyl sites for hydroxylation is 1. The van der Waals surface area contributed by atoms with E-state index in [4.69, 9.17) is 0 Å². The smallest absolute Gasteiger partial charge is 0.297 e. The van der Waals surface area contributed by atoms with Gasteiger partial charge in [0.1, 0.15) is 5.82 Å². The molecule has 1 aliphatic rings. The summed E-state index contributed by atoms with van der Waals surface area (Å²) in [6.45, 7) is 1.85. The van der Waals surface area contributed by atoms with Crippen LogP contribution in [-0.2, 0) is 11.3 Å². The Hall–Kier alpha value is -2.15. The van der Waals surface area contributed by atoms with E-state index >= 15 is 0 Å². The number of aromatic nitrogens is 1. The molecule has 1 aliphatic heterocycles. The molecule has 0 bridgehead atoms. The number of anilines is 1. The van der Waals surface area contributed by atoms with Crippen LogP contribution in [0, 0.1) is 18.6 Å². The minimum atomic E-state index is -0.916. The van der Waals surface area contributed by atoms with Crippen LogP contribution in [0.3, 0.4) is 0 Å². The number of Topliss-reactive ketones (excluding diaryl/α,β-unsaturated/α-hetero) is 1. The van der Waals surface area contributed by atoms with Gasteiger partial charge in [0.15, 0.2) is 5.82 Å². The van der Waals surface area contributed by atoms with Crippen molar-refractivity contribution in [3.05, 3.63) is 45.4 Å². The number of thiazole rings is 1. The third kappa shape index (κ3) is 1.90. The van der Waals surface area contributed by atoms with Gasteiger partial charge in [-0.3, -0.25) is 14.5 Å². The molecular weight excluding hydrogens is 286 g/mol. The van der Waals surface area contributed by atoms with Crippen LogP contribution < -0.4 is 4.90 Å². The Morgan fingerprint density at radius 1 is 1.30 bits per heavy atom. The van der Waals surface area contributed by atoms with Crippen molar-refractivity contribution >= 4 is 28.7 Å². The van der Waals surface area contributed by atoms with E-state index in [1.165, 1.54) is 11.3 Å². The van der Waals surface area contributed by atoms with Crippen molar-refractivity contribution in [2.24, 2.45) is 0 Å². The first-order chi connectivity index (χ1) is 9.47. The van der Waals surface area contributed by atoms with Crippen molar-refractivity contribution in [1.82, 2.24) is 4.98 Å². The minimum Gasteiger partial charge on any atom is -0.297 e. The fraction of sp³-hybridized carbons (Fsp3) is 0.154. The second-order valence-corrected chi connectivity index (χ2v) is 5.67. The number of hydrogen-bond acceptors (Lipinski definition) is 4. The summed E-state index contributed by atoms with van der Waals surface area (Å²) in [5, 5.41) is 0.803. The van der Waals surface area contributed by atoms with Crippen molar-refractivity contribution in [2.45, 2.75) is 13.5 Å². The molecule has 20 heavy (non-hydrogen) atoms. The fourth-order valence-corrected chi connectivity index (χ4v) is 2.92. The summed E-state index contributed by atoms with van der Waals surface area (Å²) in [6.07, 6.45) is 1.57. The van der Waals surface area contributed by atoms with Gasteiger partial charge >= 0.3 is 0 Å². The van der Waals surface area contributed by atoms with Crippen molar-refractivity contribution in [3.63, 3.8) is 0 Å². The molecule has 2 aromatic rings. The number of carbonyl (C=O) groups is 2. The molecule has 2 heterocycles. The molecule has 1 aromatic carbocycles. The third-order valence-electron chi connectivity index (χ3n) is 2.97. The molecule has 7 heteroatoms. The van der Waals surface area contributed by atoms with Crippen LogP contribution in [-0.4, -0.2) is 16.7 Å². The van der Waals surface area contributed by atoms with Crippen LogP contribution in [0.2, 0.25) is 0 Å². The van der Waals surface area contributed by atoms with Crippen LogP contribution in [0.4, 0.5) is 14.5 Å². The molecule has 1 aromatic heterocycles. The first-order valence-electron chi connectivity index (χ1n) is 5.74. The van der Waals surface area contributed by atoms with Crippen molar-refractivity contribution in [2.75, 3.05) is 4.90 Å². The standard InChI is InChI=1S/C13H8F2N2O2S/c1-6-16-4-8(20-6)5-17-11-9(12(18)13(17)19)2-7(14)3-10(11)15/h2-4H,5H2,1H3. The molecule has 1 amide bonds. The normalized spacial score (nSPS) is 14.1. The summed E-state index contributed by atoms with van der Waals surface area (Å²) in [5.74, 6) is -3.53. The van der Waals surface area contributed by atoms with Crippen molar-refractivity contribution < 1.29 is 18.4 Å². The van der Waals surface area contributed by atoms with Gasteiger partial charge in [-0.25, -0.2) is 13.8 Å². The van der Waals surface area contributed by atoms with E-state index in [1.807, 2.05) is 0 Å². The number of halogens is 2. The fourth-order valence-electron chi connectivity index (χ4n) is 2.14. The number of ketones is 1. The quantitative estimate of drug-likeness (QED) is 0.799. The van der Waals surface area contributed by atoms with E-state index in [0.717, 1.165) is 20.9 Å². The Bertz CT molecular complexity index is 742. The second-order valence-electron chi connectivity index (χ2n) is 4.35. The Morgan fingerprint density at radius 2 is 2.05 bits per heavy atom. The van der Waals surface area contributed by atoms with Gasteiger partial charge in [0.2, 0.25) is 0 Å². The zero-order chi connectivity index (χ0) is 14.4. The summed E-state index contributed by atoms with van der Waals surface area (Å²) in [6, 6.07) is 1.55. The highest BCUT2D eigenvalue weighted by Crippen LogP contribution is 2.34. The van der Waals surface area contributed by atoms with Gasteiger partial charge in [0, 0.05) is 17.1 Å². The van der Waals surface area contributed by atoms with E-state index in [0.29, 0.717) is 6.07 Å². The molecule has 0 saturated carbocycles. The van der Waals surface area contributed by atoms with E-state index in [9.17, 15) is 18.4 Å². The number of fused-ring (bicyclic) bond motifs is 1. The number of benzene rings is 1. The molecule has 0 unspecified atom stereocenters. The molecule has 0 spiro atoms. The summed E-state index contributed by atoms with van der Waals surface area (Å²) >= 11 is 1.35. The van der Waals surface area contributed by atoms with Crippen LogP contribution in [0.1, 0.15) is 20.2 Å². The Balaban J connectivity index is 2.06. The number of nitrogens with zero attached hydrogens (tertiary/aromatic N) is 2. The van der Waals surface area contributed by atoms with Crippen LogP contribution in [0.5, 0.6) is 0 Å². The van der Waals surface area contributed by atoms with Gasteiger partial charge in [0.25, 0.3) is 11.7 Å². The predicted molar refractivity (Wildman–Crippen MR) is 68.7 cm³/mol. The van der Waals surface area contributed by atoms with Crippen molar-refractivity contribution in [1.29, 1.82) is 0 Å². The maximum Gasteiger partial charge on any atom is 0.299 e. The molecule has 102 valence electrons. The lowest BCUT2D eigenvalue weighted by molar-refractivity contribution is -0.114. The van der Waals surface area contributed by atoms with E-state index in [-0.39, 0.29) is 17.8 Å². The van der Waals surface area contributed by atoms with Crippen LogP contribution >= 0.6 is 11.3 Å². The van der Waals surface area contributed by atoms with Gasteiger partial charge in [0.05, 0.1) is 22.8 Å². The van der Waals surface area contributed by atoms with E-state index in [1.54, 1.807) is 13.1 Å². The SMILES string of the molecule is Cc1ncc(CN2C(=O)C(=O)c3cc(F)cc(F)c32)s1. The number of amides is 1.